The minimum Gasteiger partial charge on any atom is -0.323 e. The molecular weight excluding hydrogens is 158 g/mol. The molecule has 0 saturated heterocycles. The number of hydrogen-bond donors (Lipinski definition) is 1. The van der Waals surface area contributed by atoms with Crippen LogP contribution in [0.1, 0.15) is 37.4 Å². The lowest BCUT2D eigenvalue weighted by Crippen LogP contribution is -2.27. The zero-order valence-corrected chi connectivity index (χ0v) is 8.38. The lowest BCUT2D eigenvalue weighted by Gasteiger charge is -2.27. The van der Waals surface area contributed by atoms with Gasteiger partial charge in [-0.2, -0.15) is 0 Å². The number of hydrogen-bond acceptors (Lipinski definition) is 1. The van der Waals surface area contributed by atoms with E-state index in [-0.39, 0.29) is 11.5 Å². The van der Waals surface area contributed by atoms with Crippen LogP contribution in [0.2, 0.25) is 0 Å². The summed E-state index contributed by atoms with van der Waals surface area (Å²) in [6, 6.07) is 8.79. The van der Waals surface area contributed by atoms with Gasteiger partial charge in [0.15, 0.2) is 0 Å². The van der Waals surface area contributed by atoms with Crippen LogP contribution < -0.4 is 5.73 Å². The normalized spacial score (nSPS) is 31.8. The van der Waals surface area contributed by atoms with Crippen LogP contribution in [-0.4, -0.2) is 0 Å². The maximum Gasteiger partial charge on any atom is 0.0355 e. The Bertz CT molecular complexity index is 319. The number of rotatable bonds is 1. The van der Waals surface area contributed by atoms with Crippen molar-refractivity contribution in [1.29, 1.82) is 0 Å². The van der Waals surface area contributed by atoms with Crippen LogP contribution in [0.5, 0.6) is 0 Å². The molecule has 1 aromatic carbocycles. The second-order valence-corrected chi connectivity index (χ2v) is 4.36. The maximum atomic E-state index is 6.24. The second kappa shape index (κ2) is 2.85. The first-order chi connectivity index (χ1) is 6.17. The molecule has 1 unspecified atom stereocenters. The molecule has 2 N–H and O–H groups in total. The monoisotopic (exact) mass is 175 g/mol. The first-order valence-corrected chi connectivity index (χ1v) is 5.01. The van der Waals surface area contributed by atoms with Crippen LogP contribution in [0.4, 0.5) is 0 Å². The summed E-state index contributed by atoms with van der Waals surface area (Å²) >= 11 is 0. The van der Waals surface area contributed by atoms with Crippen LogP contribution in [0.25, 0.3) is 0 Å². The highest BCUT2D eigenvalue weighted by molar-refractivity contribution is 5.37. The molecule has 1 aliphatic carbocycles. The third-order valence-corrected chi connectivity index (χ3v) is 3.54. The molecule has 1 aromatic rings. The second-order valence-electron chi connectivity index (χ2n) is 4.36. The largest absolute Gasteiger partial charge is 0.323 e. The molecule has 2 atom stereocenters. The van der Waals surface area contributed by atoms with Crippen molar-refractivity contribution in [3.8, 4) is 0 Å². The average Bonchev–Trinajstić information content (AvgIpc) is 2.41. The summed E-state index contributed by atoms with van der Waals surface area (Å²) in [5.41, 5.74) is 9.31. The highest BCUT2D eigenvalue weighted by atomic mass is 14.7. The van der Waals surface area contributed by atoms with Crippen LogP contribution in [0.3, 0.4) is 0 Å². The molecule has 0 spiro atoms. The quantitative estimate of drug-likeness (QED) is 0.697. The van der Waals surface area contributed by atoms with Gasteiger partial charge in [0.05, 0.1) is 0 Å². The number of nitrogens with two attached hydrogens (primary N) is 1. The maximum absolute atomic E-state index is 6.24. The Morgan fingerprint density at radius 3 is 2.77 bits per heavy atom. The van der Waals surface area contributed by atoms with E-state index in [2.05, 4.69) is 38.1 Å². The molecule has 1 aliphatic rings. The molecule has 0 fully saturated rings. The van der Waals surface area contributed by atoms with E-state index in [1.165, 1.54) is 11.1 Å². The van der Waals surface area contributed by atoms with Gasteiger partial charge in [0, 0.05) is 6.04 Å². The molecule has 0 aromatic heterocycles. The van der Waals surface area contributed by atoms with Crippen molar-refractivity contribution in [3.63, 3.8) is 0 Å². The first kappa shape index (κ1) is 8.76. The lowest BCUT2D eigenvalue weighted by molar-refractivity contribution is 0.270. The van der Waals surface area contributed by atoms with Gasteiger partial charge in [-0.05, 0) is 29.4 Å². The number of fused-ring (bicyclic) bond motifs is 1. The summed E-state index contributed by atoms with van der Waals surface area (Å²) in [5, 5.41) is 0. The van der Waals surface area contributed by atoms with Gasteiger partial charge < -0.3 is 5.73 Å². The van der Waals surface area contributed by atoms with Crippen LogP contribution >= 0.6 is 0 Å². The summed E-state index contributed by atoms with van der Waals surface area (Å²) in [7, 11) is 0. The molecular formula is C12H17N. The summed E-state index contributed by atoms with van der Waals surface area (Å²) in [6.45, 7) is 4.52. The van der Waals surface area contributed by atoms with E-state index < -0.39 is 0 Å². The molecule has 0 saturated carbocycles. The minimum absolute atomic E-state index is 0.230. The smallest absolute Gasteiger partial charge is 0.0355 e. The Morgan fingerprint density at radius 1 is 1.46 bits per heavy atom. The Morgan fingerprint density at radius 2 is 2.15 bits per heavy atom. The van der Waals surface area contributed by atoms with Gasteiger partial charge in [0.2, 0.25) is 0 Å². The fourth-order valence-corrected chi connectivity index (χ4v) is 2.26. The van der Waals surface area contributed by atoms with Crippen molar-refractivity contribution in [3.05, 3.63) is 35.4 Å². The zero-order valence-electron chi connectivity index (χ0n) is 8.38. The van der Waals surface area contributed by atoms with Crippen molar-refractivity contribution >= 4 is 0 Å². The molecule has 70 valence electrons. The molecule has 0 aliphatic heterocycles. The molecule has 1 heteroatoms. The molecule has 0 amide bonds. The molecule has 0 radical (unpaired) electrons. The highest BCUT2D eigenvalue weighted by Crippen LogP contribution is 2.45. The summed E-state index contributed by atoms with van der Waals surface area (Å²) < 4.78 is 0. The van der Waals surface area contributed by atoms with Gasteiger partial charge in [-0.1, -0.05) is 38.1 Å². The van der Waals surface area contributed by atoms with E-state index in [1.54, 1.807) is 0 Å². The predicted octanol–water partition coefficient (Wildman–Crippen LogP) is 2.66. The lowest BCUT2D eigenvalue weighted by atomic mass is 9.81. The van der Waals surface area contributed by atoms with E-state index in [1.807, 2.05) is 0 Å². The third-order valence-electron chi connectivity index (χ3n) is 3.54. The summed E-state index contributed by atoms with van der Waals surface area (Å²) in [5.74, 6) is 0. The molecule has 0 bridgehead atoms. The van der Waals surface area contributed by atoms with Gasteiger partial charge in [-0.3, -0.25) is 0 Å². The third kappa shape index (κ3) is 1.19. The SMILES string of the molecule is CCC1(C)Cc2ccccc2[C@H]1N. The van der Waals surface area contributed by atoms with Crippen molar-refractivity contribution in [2.75, 3.05) is 0 Å². The topological polar surface area (TPSA) is 26.0 Å². The standard InChI is InChI=1S/C12H17N/c1-3-12(2)8-9-6-4-5-7-10(9)11(12)13/h4-7,11H,3,8,13H2,1-2H3/t11-,12?/m1/s1. The van der Waals surface area contributed by atoms with Crippen molar-refractivity contribution in [2.24, 2.45) is 11.1 Å². The van der Waals surface area contributed by atoms with E-state index in [4.69, 9.17) is 5.73 Å². The van der Waals surface area contributed by atoms with Crippen molar-refractivity contribution < 1.29 is 0 Å². The average molecular weight is 175 g/mol. The van der Waals surface area contributed by atoms with Crippen molar-refractivity contribution in [2.45, 2.75) is 32.7 Å². The number of benzene rings is 1. The van der Waals surface area contributed by atoms with Gasteiger partial charge >= 0.3 is 0 Å². The van der Waals surface area contributed by atoms with Gasteiger partial charge in [-0.15, -0.1) is 0 Å². The van der Waals surface area contributed by atoms with Gasteiger partial charge in [0.25, 0.3) is 0 Å². The van der Waals surface area contributed by atoms with Crippen LogP contribution in [0, 0.1) is 5.41 Å². The van der Waals surface area contributed by atoms with Gasteiger partial charge in [0.1, 0.15) is 0 Å². The van der Waals surface area contributed by atoms with E-state index in [0.717, 1.165) is 12.8 Å². The van der Waals surface area contributed by atoms with E-state index in [9.17, 15) is 0 Å². The van der Waals surface area contributed by atoms with E-state index >= 15 is 0 Å². The predicted molar refractivity (Wildman–Crippen MR) is 55.5 cm³/mol. The molecule has 0 heterocycles. The minimum atomic E-state index is 0.230. The fourth-order valence-electron chi connectivity index (χ4n) is 2.26. The Balaban J connectivity index is 2.43. The molecule has 1 nitrogen and oxygen atoms in total. The van der Waals surface area contributed by atoms with Gasteiger partial charge in [-0.25, -0.2) is 0 Å². The molecule has 2 rings (SSSR count). The van der Waals surface area contributed by atoms with Crippen molar-refractivity contribution in [1.82, 2.24) is 0 Å². The highest BCUT2D eigenvalue weighted by Gasteiger charge is 2.38. The van der Waals surface area contributed by atoms with Crippen LogP contribution in [-0.2, 0) is 6.42 Å². The Kier molecular flexibility index (Phi) is 1.92. The summed E-state index contributed by atoms with van der Waals surface area (Å²) in [4.78, 5) is 0. The summed E-state index contributed by atoms with van der Waals surface area (Å²) in [6.07, 6.45) is 2.30. The van der Waals surface area contributed by atoms with Crippen LogP contribution in [0.15, 0.2) is 24.3 Å². The Labute approximate surface area is 80.0 Å². The Hall–Kier alpha value is -0.820. The fraction of sp³-hybridized carbons (Fsp3) is 0.500. The van der Waals surface area contributed by atoms with E-state index in [0.29, 0.717) is 0 Å². The first-order valence-electron chi connectivity index (χ1n) is 5.01. The zero-order chi connectivity index (χ0) is 9.47. The molecule has 13 heavy (non-hydrogen) atoms.